The van der Waals surface area contributed by atoms with Crippen LogP contribution in [0.3, 0.4) is 0 Å². The van der Waals surface area contributed by atoms with Crippen LogP contribution in [0.25, 0.3) is 0 Å². The van der Waals surface area contributed by atoms with Crippen LogP contribution in [0.4, 0.5) is 11.9 Å². The van der Waals surface area contributed by atoms with E-state index in [9.17, 15) is 0 Å². The largest absolute Gasteiger partial charge is 0.467 e. The van der Waals surface area contributed by atoms with Crippen molar-refractivity contribution in [1.82, 2.24) is 19.9 Å². The third kappa shape index (κ3) is 4.27. The molecule has 0 aliphatic rings. The van der Waals surface area contributed by atoms with E-state index >= 15 is 0 Å². The van der Waals surface area contributed by atoms with E-state index in [4.69, 9.17) is 4.74 Å². The summed E-state index contributed by atoms with van der Waals surface area (Å²) in [6.45, 7) is 3.55. The molecule has 0 aliphatic carbocycles. The van der Waals surface area contributed by atoms with Gasteiger partial charge in [-0.1, -0.05) is 13.0 Å². The predicted molar refractivity (Wildman–Crippen MR) is 81.5 cm³/mol. The number of nitrogens with one attached hydrogen (secondary N) is 1. The summed E-state index contributed by atoms with van der Waals surface area (Å²) >= 11 is 0. The van der Waals surface area contributed by atoms with Gasteiger partial charge in [0.15, 0.2) is 0 Å². The number of aromatic nitrogens is 4. The van der Waals surface area contributed by atoms with E-state index in [1.54, 1.807) is 13.3 Å². The van der Waals surface area contributed by atoms with Crippen LogP contribution < -0.4 is 15.0 Å². The highest BCUT2D eigenvalue weighted by molar-refractivity contribution is 5.38. The molecule has 0 unspecified atom stereocenters. The number of hydrogen-bond acceptors (Lipinski definition) is 7. The Labute approximate surface area is 124 Å². The maximum atomic E-state index is 5.13. The average molecular weight is 288 g/mol. The fourth-order valence-corrected chi connectivity index (χ4v) is 1.76. The monoisotopic (exact) mass is 288 g/mol. The zero-order chi connectivity index (χ0) is 15.1. The van der Waals surface area contributed by atoms with Gasteiger partial charge in [0.25, 0.3) is 0 Å². The van der Waals surface area contributed by atoms with E-state index in [0.29, 0.717) is 24.5 Å². The lowest BCUT2D eigenvalue weighted by Crippen LogP contribution is -2.20. The molecule has 0 saturated heterocycles. The van der Waals surface area contributed by atoms with Crippen LogP contribution in [0, 0.1) is 0 Å². The molecular formula is C14H20N6O. The first-order valence-corrected chi connectivity index (χ1v) is 6.87. The Kier molecular flexibility index (Phi) is 5.25. The maximum absolute atomic E-state index is 5.13. The molecule has 7 heteroatoms. The number of rotatable bonds is 7. The standard InChI is InChI=1S/C14H20N6O/c1-4-7-16-12-17-13(19-14(18-12)21-3)20(2)10-11-6-5-8-15-9-11/h5-6,8-9H,4,7,10H2,1-3H3,(H,16,17,18,19). The van der Waals surface area contributed by atoms with Gasteiger partial charge in [0, 0.05) is 32.5 Å². The average Bonchev–Trinajstić information content (AvgIpc) is 2.53. The molecule has 0 aliphatic heterocycles. The van der Waals surface area contributed by atoms with E-state index in [1.165, 1.54) is 0 Å². The third-order valence-corrected chi connectivity index (χ3v) is 2.80. The molecule has 0 radical (unpaired) electrons. The Hall–Kier alpha value is -2.44. The number of anilines is 2. The van der Waals surface area contributed by atoms with Gasteiger partial charge >= 0.3 is 6.01 Å². The molecule has 2 heterocycles. The number of hydrogen-bond donors (Lipinski definition) is 1. The number of pyridine rings is 1. The molecular weight excluding hydrogens is 268 g/mol. The van der Waals surface area contributed by atoms with Crippen LogP contribution in [0.2, 0.25) is 0 Å². The summed E-state index contributed by atoms with van der Waals surface area (Å²) in [5.41, 5.74) is 1.09. The summed E-state index contributed by atoms with van der Waals surface area (Å²) in [6.07, 6.45) is 4.57. The van der Waals surface area contributed by atoms with Crippen molar-refractivity contribution in [2.75, 3.05) is 30.9 Å². The number of methoxy groups -OCH3 is 1. The molecule has 112 valence electrons. The summed E-state index contributed by atoms with van der Waals surface area (Å²) in [6, 6.07) is 4.22. The Morgan fingerprint density at radius 3 is 2.81 bits per heavy atom. The van der Waals surface area contributed by atoms with Gasteiger partial charge in [0.2, 0.25) is 11.9 Å². The number of nitrogens with zero attached hydrogens (tertiary/aromatic N) is 5. The molecule has 0 bridgehead atoms. The summed E-state index contributed by atoms with van der Waals surface area (Å²) in [7, 11) is 3.47. The van der Waals surface area contributed by atoms with Crippen molar-refractivity contribution >= 4 is 11.9 Å². The molecule has 7 nitrogen and oxygen atoms in total. The van der Waals surface area contributed by atoms with E-state index in [0.717, 1.165) is 18.5 Å². The molecule has 21 heavy (non-hydrogen) atoms. The van der Waals surface area contributed by atoms with Crippen LogP contribution in [0.5, 0.6) is 6.01 Å². The number of ether oxygens (including phenoxy) is 1. The highest BCUT2D eigenvalue weighted by atomic mass is 16.5. The molecule has 0 saturated carbocycles. The van der Waals surface area contributed by atoms with Gasteiger partial charge in [0.1, 0.15) is 0 Å². The van der Waals surface area contributed by atoms with Crippen molar-refractivity contribution in [3.05, 3.63) is 30.1 Å². The highest BCUT2D eigenvalue weighted by Crippen LogP contribution is 2.15. The lowest BCUT2D eigenvalue weighted by atomic mass is 10.3. The zero-order valence-corrected chi connectivity index (χ0v) is 12.6. The van der Waals surface area contributed by atoms with Crippen molar-refractivity contribution in [2.24, 2.45) is 0 Å². The minimum atomic E-state index is 0.302. The second kappa shape index (κ2) is 7.37. The van der Waals surface area contributed by atoms with Crippen LogP contribution >= 0.6 is 0 Å². The summed E-state index contributed by atoms with van der Waals surface area (Å²) in [4.78, 5) is 18.9. The first-order valence-electron chi connectivity index (χ1n) is 6.87. The van der Waals surface area contributed by atoms with E-state index in [2.05, 4.69) is 32.2 Å². The fraction of sp³-hybridized carbons (Fsp3) is 0.429. The van der Waals surface area contributed by atoms with E-state index in [-0.39, 0.29) is 0 Å². The first-order chi connectivity index (χ1) is 10.2. The van der Waals surface area contributed by atoms with Gasteiger partial charge in [-0.3, -0.25) is 4.98 Å². The lowest BCUT2D eigenvalue weighted by molar-refractivity contribution is 0.379. The molecule has 2 aromatic rings. The van der Waals surface area contributed by atoms with Crippen LogP contribution in [0.15, 0.2) is 24.5 Å². The Morgan fingerprint density at radius 2 is 2.14 bits per heavy atom. The van der Waals surface area contributed by atoms with Gasteiger partial charge in [0.05, 0.1) is 7.11 Å². The van der Waals surface area contributed by atoms with Crippen molar-refractivity contribution in [2.45, 2.75) is 19.9 Å². The molecule has 0 atom stereocenters. The van der Waals surface area contributed by atoms with Crippen molar-refractivity contribution in [1.29, 1.82) is 0 Å². The zero-order valence-electron chi connectivity index (χ0n) is 12.6. The van der Waals surface area contributed by atoms with Gasteiger partial charge in [-0.25, -0.2) is 0 Å². The SMILES string of the molecule is CCCNc1nc(OC)nc(N(C)Cc2cccnc2)n1. The van der Waals surface area contributed by atoms with Gasteiger partial charge in [-0.05, 0) is 18.1 Å². The maximum Gasteiger partial charge on any atom is 0.322 e. The molecule has 0 spiro atoms. The lowest BCUT2D eigenvalue weighted by Gasteiger charge is -2.18. The van der Waals surface area contributed by atoms with Gasteiger partial charge in [-0.15, -0.1) is 0 Å². The fourth-order valence-electron chi connectivity index (χ4n) is 1.76. The quantitative estimate of drug-likeness (QED) is 0.831. The molecule has 2 rings (SSSR count). The second-order valence-electron chi connectivity index (χ2n) is 4.59. The molecule has 0 fully saturated rings. The van der Waals surface area contributed by atoms with E-state index in [1.807, 2.05) is 30.3 Å². The summed E-state index contributed by atoms with van der Waals surface area (Å²) in [5.74, 6) is 1.08. The van der Waals surface area contributed by atoms with Crippen LogP contribution in [-0.4, -0.2) is 40.6 Å². The normalized spacial score (nSPS) is 10.2. The first kappa shape index (κ1) is 15.0. The van der Waals surface area contributed by atoms with Crippen molar-refractivity contribution in [3.63, 3.8) is 0 Å². The minimum absolute atomic E-state index is 0.302. The predicted octanol–water partition coefficient (Wildman–Crippen LogP) is 1.73. The molecule has 0 aromatic carbocycles. The molecule has 0 amide bonds. The third-order valence-electron chi connectivity index (χ3n) is 2.80. The summed E-state index contributed by atoms with van der Waals surface area (Å²) in [5, 5.41) is 3.15. The highest BCUT2D eigenvalue weighted by Gasteiger charge is 2.11. The molecule has 2 aromatic heterocycles. The van der Waals surface area contributed by atoms with Gasteiger partial charge < -0.3 is 15.0 Å². The van der Waals surface area contributed by atoms with Crippen LogP contribution in [-0.2, 0) is 6.54 Å². The van der Waals surface area contributed by atoms with Crippen molar-refractivity contribution in [3.8, 4) is 6.01 Å². The Morgan fingerprint density at radius 1 is 1.29 bits per heavy atom. The Bertz CT molecular complexity index is 563. The van der Waals surface area contributed by atoms with Gasteiger partial charge in [-0.2, -0.15) is 15.0 Å². The van der Waals surface area contributed by atoms with Crippen molar-refractivity contribution < 1.29 is 4.74 Å². The minimum Gasteiger partial charge on any atom is -0.467 e. The second-order valence-corrected chi connectivity index (χ2v) is 4.59. The smallest absolute Gasteiger partial charge is 0.322 e. The molecule has 1 N–H and O–H groups in total. The summed E-state index contributed by atoms with van der Waals surface area (Å²) < 4.78 is 5.13. The van der Waals surface area contributed by atoms with E-state index < -0.39 is 0 Å². The topological polar surface area (TPSA) is 76.1 Å². The van der Waals surface area contributed by atoms with Crippen LogP contribution in [0.1, 0.15) is 18.9 Å². The Balaban J connectivity index is 2.16.